The summed E-state index contributed by atoms with van der Waals surface area (Å²) in [4.78, 5) is 0. The molecular formula is C8H15N5O3S. The van der Waals surface area contributed by atoms with Gasteiger partial charge < -0.3 is 10.5 Å². The monoisotopic (exact) mass is 261 g/mol. The average Bonchev–Trinajstić information content (AvgIpc) is 2.77. The lowest BCUT2D eigenvalue weighted by molar-refractivity contribution is 0.0733. The van der Waals surface area contributed by atoms with Crippen LogP contribution < -0.4 is 10.5 Å². The molecule has 96 valence electrons. The highest BCUT2D eigenvalue weighted by Crippen LogP contribution is 2.14. The minimum atomic E-state index is -3.56. The van der Waals surface area contributed by atoms with Crippen LogP contribution in [-0.4, -0.2) is 49.2 Å². The summed E-state index contributed by atoms with van der Waals surface area (Å²) < 4.78 is 32.8. The average molecular weight is 261 g/mol. The van der Waals surface area contributed by atoms with Crippen molar-refractivity contribution in [1.29, 1.82) is 0 Å². The molecule has 1 aromatic heterocycles. The summed E-state index contributed by atoms with van der Waals surface area (Å²) in [6.07, 6.45) is 1.50. The molecule has 0 aromatic carbocycles. The number of anilines is 1. The molecule has 1 fully saturated rings. The van der Waals surface area contributed by atoms with E-state index < -0.39 is 10.2 Å². The van der Waals surface area contributed by atoms with Gasteiger partial charge in [-0.25, -0.2) is 0 Å². The van der Waals surface area contributed by atoms with Crippen molar-refractivity contribution in [2.75, 3.05) is 31.0 Å². The zero-order valence-corrected chi connectivity index (χ0v) is 10.0. The van der Waals surface area contributed by atoms with E-state index in [1.807, 2.05) is 0 Å². The van der Waals surface area contributed by atoms with Crippen LogP contribution in [0.5, 0.6) is 0 Å². The molecule has 1 aliphatic heterocycles. The van der Waals surface area contributed by atoms with Crippen molar-refractivity contribution in [1.82, 2.24) is 14.5 Å². The van der Waals surface area contributed by atoms with E-state index in [2.05, 4.69) is 14.9 Å². The van der Waals surface area contributed by atoms with Crippen molar-refractivity contribution < 1.29 is 13.2 Å². The zero-order valence-electron chi connectivity index (χ0n) is 9.22. The molecular weight excluding hydrogens is 246 g/mol. The highest BCUT2D eigenvalue weighted by molar-refractivity contribution is 7.90. The number of hydrogen-bond acceptors (Lipinski definition) is 5. The van der Waals surface area contributed by atoms with E-state index in [1.165, 1.54) is 10.5 Å². The van der Waals surface area contributed by atoms with Gasteiger partial charge >= 0.3 is 10.2 Å². The minimum absolute atomic E-state index is 0.220. The van der Waals surface area contributed by atoms with E-state index in [0.717, 1.165) is 0 Å². The normalized spacial score (nSPS) is 18.2. The van der Waals surface area contributed by atoms with Crippen LogP contribution in [0.15, 0.2) is 6.20 Å². The molecule has 0 radical (unpaired) electrons. The van der Waals surface area contributed by atoms with Crippen LogP contribution in [0.4, 0.5) is 5.82 Å². The van der Waals surface area contributed by atoms with E-state index in [1.54, 1.807) is 0 Å². The molecule has 0 saturated carbocycles. The third-order valence-corrected chi connectivity index (χ3v) is 3.99. The summed E-state index contributed by atoms with van der Waals surface area (Å²) in [5, 5.41) is 6.32. The summed E-state index contributed by atoms with van der Waals surface area (Å²) in [5.74, 6) is 0.319. The number of nitrogens with one attached hydrogen (secondary N) is 2. The van der Waals surface area contributed by atoms with Crippen molar-refractivity contribution in [3.05, 3.63) is 11.8 Å². The quantitative estimate of drug-likeness (QED) is 0.634. The number of aromatic amines is 1. The minimum Gasteiger partial charge on any atom is -0.379 e. The lowest BCUT2D eigenvalue weighted by atomic mass is 10.3. The van der Waals surface area contributed by atoms with Crippen LogP contribution in [0.3, 0.4) is 0 Å². The Hall–Kier alpha value is -1.16. The number of nitrogens with two attached hydrogens (primary N) is 1. The van der Waals surface area contributed by atoms with Gasteiger partial charge in [-0.3, -0.25) is 9.82 Å². The first-order chi connectivity index (χ1) is 8.13. The maximum Gasteiger partial charge on any atom is 0.302 e. The van der Waals surface area contributed by atoms with Gasteiger partial charge in [0.2, 0.25) is 0 Å². The van der Waals surface area contributed by atoms with Crippen LogP contribution in [0.25, 0.3) is 0 Å². The first-order valence-electron chi connectivity index (χ1n) is 5.21. The lowest BCUT2D eigenvalue weighted by Gasteiger charge is -2.26. The molecule has 2 rings (SSSR count). The number of aromatic nitrogens is 2. The summed E-state index contributed by atoms with van der Waals surface area (Å²) in [7, 11) is -3.56. The van der Waals surface area contributed by atoms with Crippen molar-refractivity contribution in [3.8, 4) is 0 Å². The third-order valence-electron chi connectivity index (χ3n) is 2.48. The van der Waals surface area contributed by atoms with E-state index in [4.69, 9.17) is 10.5 Å². The van der Waals surface area contributed by atoms with Crippen LogP contribution in [-0.2, 0) is 21.5 Å². The number of nitrogens with zero attached hydrogens (tertiary/aromatic N) is 2. The second kappa shape index (κ2) is 5.00. The van der Waals surface area contributed by atoms with E-state index in [-0.39, 0.29) is 6.54 Å². The molecule has 1 aliphatic rings. The number of morpholine rings is 1. The third kappa shape index (κ3) is 2.75. The van der Waals surface area contributed by atoms with E-state index >= 15 is 0 Å². The molecule has 0 unspecified atom stereocenters. The lowest BCUT2D eigenvalue weighted by Crippen LogP contribution is -2.43. The van der Waals surface area contributed by atoms with Crippen LogP contribution in [0, 0.1) is 0 Å². The SMILES string of the molecule is NCc1cn[nH]c1NS(=O)(=O)N1CCOCC1. The highest BCUT2D eigenvalue weighted by Gasteiger charge is 2.25. The van der Waals surface area contributed by atoms with Crippen LogP contribution in [0.1, 0.15) is 5.56 Å². The van der Waals surface area contributed by atoms with Gasteiger partial charge in [0.1, 0.15) is 5.82 Å². The Morgan fingerprint density at radius 2 is 2.24 bits per heavy atom. The fourth-order valence-corrected chi connectivity index (χ4v) is 2.73. The van der Waals surface area contributed by atoms with Gasteiger partial charge in [-0.2, -0.15) is 17.8 Å². The standard InChI is InChI=1S/C8H15N5O3S/c9-5-7-6-10-11-8(7)12-17(14,15)13-1-3-16-4-2-13/h6H,1-5,9H2,(H2,10,11,12). The second-order valence-electron chi connectivity index (χ2n) is 3.59. The molecule has 0 bridgehead atoms. The van der Waals surface area contributed by atoms with Gasteiger partial charge in [0.05, 0.1) is 19.4 Å². The molecule has 17 heavy (non-hydrogen) atoms. The number of rotatable bonds is 4. The topological polar surface area (TPSA) is 113 Å². The number of hydrogen-bond donors (Lipinski definition) is 3. The molecule has 0 spiro atoms. The summed E-state index contributed by atoms with van der Waals surface area (Å²) in [5.41, 5.74) is 6.09. The highest BCUT2D eigenvalue weighted by atomic mass is 32.2. The zero-order chi connectivity index (χ0) is 12.3. The van der Waals surface area contributed by atoms with Gasteiger partial charge in [-0.05, 0) is 0 Å². The molecule has 1 saturated heterocycles. The smallest absolute Gasteiger partial charge is 0.302 e. The Bertz CT molecular complexity index is 465. The maximum absolute atomic E-state index is 12.0. The molecule has 0 amide bonds. The molecule has 4 N–H and O–H groups in total. The largest absolute Gasteiger partial charge is 0.379 e. The summed E-state index contributed by atoms with van der Waals surface area (Å²) in [6, 6.07) is 0. The second-order valence-corrected chi connectivity index (χ2v) is 5.26. The summed E-state index contributed by atoms with van der Waals surface area (Å²) >= 11 is 0. The number of H-pyrrole nitrogens is 1. The predicted molar refractivity (Wildman–Crippen MR) is 61.4 cm³/mol. The fourth-order valence-electron chi connectivity index (χ4n) is 1.53. The van der Waals surface area contributed by atoms with Crippen molar-refractivity contribution in [2.24, 2.45) is 5.73 Å². The Morgan fingerprint density at radius 3 is 2.88 bits per heavy atom. The fraction of sp³-hybridized carbons (Fsp3) is 0.625. The Labute approximate surface area is 99.3 Å². The van der Waals surface area contributed by atoms with E-state index in [9.17, 15) is 8.42 Å². The predicted octanol–water partition coefficient (Wildman–Crippen LogP) is -1.14. The van der Waals surface area contributed by atoms with Gasteiger partial charge in [0.15, 0.2) is 0 Å². The number of ether oxygens (including phenoxy) is 1. The Morgan fingerprint density at radius 1 is 1.53 bits per heavy atom. The molecule has 9 heteroatoms. The Kier molecular flexibility index (Phi) is 3.62. The van der Waals surface area contributed by atoms with Crippen molar-refractivity contribution >= 4 is 16.0 Å². The van der Waals surface area contributed by atoms with Gasteiger partial charge in [0, 0.05) is 25.2 Å². The van der Waals surface area contributed by atoms with Gasteiger partial charge in [-0.1, -0.05) is 0 Å². The first-order valence-corrected chi connectivity index (χ1v) is 6.65. The Balaban J connectivity index is 2.11. The molecule has 8 nitrogen and oxygen atoms in total. The van der Waals surface area contributed by atoms with E-state index in [0.29, 0.717) is 37.7 Å². The summed E-state index contributed by atoms with van der Waals surface area (Å²) in [6.45, 7) is 1.74. The van der Waals surface area contributed by atoms with Crippen molar-refractivity contribution in [3.63, 3.8) is 0 Å². The van der Waals surface area contributed by atoms with Gasteiger partial charge in [-0.15, -0.1) is 0 Å². The molecule has 0 atom stereocenters. The van der Waals surface area contributed by atoms with Gasteiger partial charge in [0.25, 0.3) is 0 Å². The van der Waals surface area contributed by atoms with Crippen LogP contribution >= 0.6 is 0 Å². The molecule has 2 heterocycles. The van der Waals surface area contributed by atoms with Crippen molar-refractivity contribution in [2.45, 2.75) is 6.54 Å². The molecule has 0 aliphatic carbocycles. The molecule has 1 aromatic rings. The maximum atomic E-state index is 12.0. The first kappa shape index (κ1) is 12.3. The van der Waals surface area contributed by atoms with Crippen LogP contribution in [0.2, 0.25) is 0 Å².